The van der Waals surface area contributed by atoms with E-state index in [4.69, 9.17) is 4.74 Å². The highest BCUT2D eigenvalue weighted by atomic mass is 127. The van der Waals surface area contributed by atoms with Gasteiger partial charge in [-0.25, -0.2) is 4.98 Å². The molecule has 1 heterocycles. The van der Waals surface area contributed by atoms with Gasteiger partial charge in [-0.1, -0.05) is 0 Å². The molecule has 1 rings (SSSR count). The number of aromatic nitrogens is 2. The third kappa shape index (κ3) is 4.40. The first kappa shape index (κ1) is 15.1. The maximum Gasteiger partial charge on any atom is 0.308 e. The third-order valence-corrected chi connectivity index (χ3v) is 2.90. The van der Waals surface area contributed by atoms with Crippen molar-refractivity contribution in [1.82, 2.24) is 9.55 Å². The van der Waals surface area contributed by atoms with Crippen molar-refractivity contribution >= 4 is 28.6 Å². The Labute approximate surface area is 120 Å². The molecule has 0 fully saturated rings. The number of aryl methyl sites for hydroxylation is 1. The number of rotatable bonds is 3. The van der Waals surface area contributed by atoms with Gasteiger partial charge in [0.2, 0.25) is 0 Å². The summed E-state index contributed by atoms with van der Waals surface area (Å²) in [5.74, 6) is 0.289. The maximum absolute atomic E-state index is 11.9. The number of hydrogen-bond donors (Lipinski definition) is 0. The Balaban J connectivity index is 2.73. The minimum Gasteiger partial charge on any atom is -0.460 e. The van der Waals surface area contributed by atoms with Crippen LogP contribution in [0.2, 0.25) is 0 Å². The Morgan fingerprint density at radius 1 is 1.50 bits per heavy atom. The molecule has 0 aromatic carbocycles. The maximum atomic E-state index is 11.9. The second-order valence-electron chi connectivity index (χ2n) is 4.95. The molecule has 0 atom stereocenters. The number of ether oxygens (including phenoxy) is 1. The van der Waals surface area contributed by atoms with Crippen molar-refractivity contribution in [2.75, 3.05) is 0 Å². The minimum atomic E-state index is -0.500. The van der Waals surface area contributed by atoms with E-state index in [1.54, 1.807) is 6.92 Å². The zero-order valence-electron chi connectivity index (χ0n) is 11.0. The van der Waals surface area contributed by atoms with Gasteiger partial charge in [0.25, 0.3) is 5.56 Å². The molecule has 0 radical (unpaired) electrons. The summed E-state index contributed by atoms with van der Waals surface area (Å²) >= 11 is 1.93. The number of carbonyl (C=O) groups excluding carboxylic acids is 1. The van der Waals surface area contributed by atoms with Crippen LogP contribution in [0.25, 0.3) is 0 Å². The Hall–Kier alpha value is -0.920. The second-order valence-corrected chi connectivity index (χ2v) is 6.11. The van der Waals surface area contributed by atoms with E-state index < -0.39 is 5.60 Å². The van der Waals surface area contributed by atoms with E-state index in [0.29, 0.717) is 15.9 Å². The Morgan fingerprint density at radius 3 is 2.67 bits per heavy atom. The predicted molar refractivity (Wildman–Crippen MR) is 76.4 cm³/mol. The van der Waals surface area contributed by atoms with Gasteiger partial charge >= 0.3 is 5.97 Å². The van der Waals surface area contributed by atoms with Crippen LogP contribution in [-0.2, 0) is 16.1 Å². The molecule has 0 saturated carbocycles. The summed E-state index contributed by atoms with van der Waals surface area (Å²) in [6.07, 6.45) is 1.70. The van der Waals surface area contributed by atoms with Crippen LogP contribution in [0.1, 0.15) is 33.0 Å². The predicted octanol–water partition coefficient (Wildman–Crippen LogP) is 1.89. The molecule has 0 aliphatic heterocycles. The quantitative estimate of drug-likeness (QED) is 0.607. The van der Waals surface area contributed by atoms with Crippen LogP contribution in [0, 0.1) is 10.5 Å². The summed E-state index contributed by atoms with van der Waals surface area (Å²) in [5, 5.41) is 0. The first-order chi connectivity index (χ1) is 8.20. The smallest absolute Gasteiger partial charge is 0.308 e. The van der Waals surface area contributed by atoms with Gasteiger partial charge in [-0.15, -0.1) is 0 Å². The van der Waals surface area contributed by atoms with Crippen LogP contribution in [0.4, 0.5) is 0 Å². The van der Waals surface area contributed by atoms with Crippen molar-refractivity contribution in [3.05, 3.63) is 25.9 Å². The summed E-state index contributed by atoms with van der Waals surface area (Å²) in [5.41, 5.74) is -0.618. The molecule has 0 bridgehead atoms. The lowest BCUT2D eigenvalue weighted by Crippen LogP contribution is -2.29. The van der Waals surface area contributed by atoms with Gasteiger partial charge < -0.3 is 4.74 Å². The molecule has 0 aliphatic carbocycles. The molecule has 0 N–H and O–H groups in total. The molecule has 18 heavy (non-hydrogen) atoms. The van der Waals surface area contributed by atoms with Gasteiger partial charge in [0.1, 0.15) is 11.4 Å². The Kier molecular flexibility index (Phi) is 4.89. The Morgan fingerprint density at radius 2 is 2.11 bits per heavy atom. The lowest BCUT2D eigenvalue weighted by atomic mass is 10.2. The highest BCUT2D eigenvalue weighted by molar-refractivity contribution is 14.1. The van der Waals surface area contributed by atoms with Crippen molar-refractivity contribution in [3.8, 4) is 0 Å². The first-order valence-electron chi connectivity index (χ1n) is 5.64. The second kappa shape index (κ2) is 5.81. The van der Waals surface area contributed by atoms with Crippen molar-refractivity contribution in [2.45, 2.75) is 46.3 Å². The molecule has 1 aromatic rings. The van der Waals surface area contributed by atoms with Crippen molar-refractivity contribution in [1.29, 1.82) is 0 Å². The van der Waals surface area contributed by atoms with Gasteiger partial charge in [0.05, 0.1) is 9.99 Å². The summed E-state index contributed by atoms with van der Waals surface area (Å²) in [6.45, 7) is 7.48. The number of hydrogen-bond acceptors (Lipinski definition) is 4. The summed E-state index contributed by atoms with van der Waals surface area (Å²) < 4.78 is 7.23. The molecular formula is C12H17IN2O3. The molecule has 0 aliphatic rings. The number of esters is 1. The molecule has 0 amide bonds. The number of halogens is 1. The number of nitrogens with zero attached hydrogens (tertiary/aromatic N) is 2. The SMILES string of the molecule is Cc1ncc(I)c(=O)n1CCC(=O)OC(C)(C)C. The zero-order valence-corrected chi connectivity index (χ0v) is 13.1. The van der Waals surface area contributed by atoms with E-state index >= 15 is 0 Å². The summed E-state index contributed by atoms with van der Waals surface area (Å²) in [6, 6.07) is 0. The van der Waals surface area contributed by atoms with Gasteiger partial charge in [-0.3, -0.25) is 14.2 Å². The molecule has 0 saturated heterocycles. The largest absolute Gasteiger partial charge is 0.460 e. The topological polar surface area (TPSA) is 61.2 Å². The van der Waals surface area contributed by atoms with Gasteiger partial charge in [-0.05, 0) is 50.3 Å². The first-order valence-corrected chi connectivity index (χ1v) is 6.72. The molecule has 100 valence electrons. The average molecular weight is 364 g/mol. The molecule has 6 heteroatoms. The van der Waals surface area contributed by atoms with E-state index in [9.17, 15) is 9.59 Å². The van der Waals surface area contributed by atoms with Crippen molar-refractivity contribution < 1.29 is 9.53 Å². The average Bonchev–Trinajstić information content (AvgIpc) is 2.21. The van der Waals surface area contributed by atoms with Crippen LogP contribution < -0.4 is 5.56 Å². The van der Waals surface area contributed by atoms with Crippen LogP contribution in [0.3, 0.4) is 0 Å². The summed E-state index contributed by atoms with van der Waals surface area (Å²) in [4.78, 5) is 27.5. The lowest BCUT2D eigenvalue weighted by molar-refractivity contribution is -0.155. The van der Waals surface area contributed by atoms with Crippen molar-refractivity contribution in [3.63, 3.8) is 0 Å². The van der Waals surface area contributed by atoms with Crippen molar-refractivity contribution in [2.24, 2.45) is 0 Å². The van der Waals surface area contributed by atoms with Crippen LogP contribution in [-0.4, -0.2) is 21.1 Å². The highest BCUT2D eigenvalue weighted by Gasteiger charge is 2.16. The van der Waals surface area contributed by atoms with Crippen LogP contribution in [0.5, 0.6) is 0 Å². The van der Waals surface area contributed by atoms with Gasteiger partial charge in [0.15, 0.2) is 0 Å². The minimum absolute atomic E-state index is 0.119. The molecule has 5 nitrogen and oxygen atoms in total. The fourth-order valence-electron chi connectivity index (χ4n) is 1.41. The monoisotopic (exact) mass is 364 g/mol. The molecule has 0 spiro atoms. The molecule has 0 unspecified atom stereocenters. The van der Waals surface area contributed by atoms with E-state index in [2.05, 4.69) is 4.98 Å². The molecule has 1 aromatic heterocycles. The normalized spacial score (nSPS) is 11.4. The van der Waals surface area contributed by atoms with E-state index in [1.807, 2.05) is 43.4 Å². The third-order valence-electron chi connectivity index (χ3n) is 2.16. The summed E-state index contributed by atoms with van der Waals surface area (Å²) in [7, 11) is 0. The van der Waals surface area contributed by atoms with E-state index in [-0.39, 0.29) is 17.9 Å². The fourth-order valence-corrected chi connectivity index (χ4v) is 1.84. The fraction of sp³-hybridized carbons (Fsp3) is 0.583. The van der Waals surface area contributed by atoms with Gasteiger partial charge in [-0.2, -0.15) is 0 Å². The lowest BCUT2D eigenvalue weighted by Gasteiger charge is -2.19. The standard InChI is InChI=1S/C12H17IN2O3/c1-8-14-7-9(13)11(17)15(8)6-5-10(16)18-12(2,3)4/h7H,5-6H2,1-4H3. The van der Waals surface area contributed by atoms with Gasteiger partial charge in [0, 0.05) is 12.7 Å². The molecular weight excluding hydrogens is 347 g/mol. The van der Waals surface area contributed by atoms with Crippen LogP contribution >= 0.6 is 22.6 Å². The zero-order chi connectivity index (χ0) is 13.9. The Bertz CT molecular complexity index is 503. The van der Waals surface area contributed by atoms with E-state index in [1.165, 1.54) is 10.8 Å². The van der Waals surface area contributed by atoms with Crippen LogP contribution in [0.15, 0.2) is 11.0 Å². The number of carbonyl (C=O) groups is 1. The highest BCUT2D eigenvalue weighted by Crippen LogP contribution is 2.08. The van der Waals surface area contributed by atoms with E-state index in [0.717, 1.165) is 0 Å².